The summed E-state index contributed by atoms with van der Waals surface area (Å²) in [5, 5.41) is 9.05. The third kappa shape index (κ3) is 2.00. The molecule has 5 nitrogen and oxygen atoms in total. The normalized spacial score (nSPS) is 35.3. The fourth-order valence-electron chi connectivity index (χ4n) is 2.34. The van der Waals surface area contributed by atoms with Crippen LogP contribution in [0.15, 0.2) is 0 Å². The van der Waals surface area contributed by atoms with E-state index < -0.39 is 17.3 Å². The van der Waals surface area contributed by atoms with Gasteiger partial charge in [0.25, 0.3) is 0 Å². The molecule has 0 amide bonds. The maximum atomic E-state index is 11.0. The number of hydrogen-bond donors (Lipinski definition) is 2. The zero-order chi connectivity index (χ0) is 10.9. The topological polar surface area (TPSA) is 81.8 Å². The largest absolute Gasteiger partial charge is 0.480 e. The van der Waals surface area contributed by atoms with Crippen LogP contribution in [-0.2, 0) is 14.3 Å². The lowest BCUT2D eigenvalue weighted by Crippen LogP contribution is -2.47. The van der Waals surface area contributed by atoms with Crippen LogP contribution in [0.25, 0.3) is 0 Å². The van der Waals surface area contributed by atoms with Gasteiger partial charge in [-0.3, -0.25) is 4.79 Å². The fourth-order valence-corrected chi connectivity index (χ4v) is 2.34. The van der Waals surface area contributed by atoms with E-state index in [0.717, 1.165) is 12.8 Å². The van der Waals surface area contributed by atoms with Gasteiger partial charge in [0, 0.05) is 12.8 Å². The zero-order valence-electron chi connectivity index (χ0n) is 8.70. The Morgan fingerprint density at radius 1 is 1.13 bits per heavy atom. The Kier molecular flexibility index (Phi) is 2.70. The molecule has 1 aliphatic heterocycles. The predicted molar refractivity (Wildman–Crippen MR) is 52.3 cm³/mol. The van der Waals surface area contributed by atoms with Gasteiger partial charge >= 0.3 is 5.97 Å². The van der Waals surface area contributed by atoms with Gasteiger partial charge in [0.2, 0.25) is 0 Å². The van der Waals surface area contributed by atoms with Gasteiger partial charge in [0.15, 0.2) is 5.79 Å². The molecule has 0 unspecified atom stereocenters. The van der Waals surface area contributed by atoms with Crippen molar-refractivity contribution in [2.24, 2.45) is 5.73 Å². The zero-order valence-corrected chi connectivity index (χ0v) is 8.70. The van der Waals surface area contributed by atoms with Gasteiger partial charge in [-0.1, -0.05) is 0 Å². The van der Waals surface area contributed by atoms with E-state index in [-0.39, 0.29) is 0 Å². The van der Waals surface area contributed by atoms with Crippen LogP contribution < -0.4 is 5.73 Å². The van der Waals surface area contributed by atoms with Gasteiger partial charge in [0.1, 0.15) is 5.54 Å². The van der Waals surface area contributed by atoms with Crippen LogP contribution in [0.4, 0.5) is 0 Å². The molecule has 0 aromatic heterocycles. The van der Waals surface area contributed by atoms with Crippen molar-refractivity contribution in [2.45, 2.75) is 43.4 Å². The van der Waals surface area contributed by atoms with Crippen molar-refractivity contribution in [2.75, 3.05) is 13.2 Å². The van der Waals surface area contributed by atoms with Crippen molar-refractivity contribution in [3.8, 4) is 0 Å². The first-order valence-electron chi connectivity index (χ1n) is 5.37. The van der Waals surface area contributed by atoms with Crippen molar-refractivity contribution >= 4 is 5.97 Å². The molecule has 0 bridgehead atoms. The maximum Gasteiger partial charge on any atom is 0.323 e. The first-order valence-corrected chi connectivity index (χ1v) is 5.37. The molecule has 2 aliphatic rings. The SMILES string of the molecule is N[C@@]1(C(=O)O)CCCC2(CC1)OCCO2. The second-order valence-corrected chi connectivity index (χ2v) is 4.42. The highest BCUT2D eigenvalue weighted by Crippen LogP contribution is 2.37. The molecule has 1 saturated carbocycles. The van der Waals surface area contributed by atoms with Crippen LogP contribution in [0, 0.1) is 0 Å². The molecular formula is C10H17NO4. The number of carbonyl (C=O) groups is 1. The van der Waals surface area contributed by atoms with Crippen LogP contribution in [-0.4, -0.2) is 35.6 Å². The summed E-state index contributed by atoms with van der Waals surface area (Å²) in [7, 11) is 0. The van der Waals surface area contributed by atoms with E-state index >= 15 is 0 Å². The summed E-state index contributed by atoms with van der Waals surface area (Å²) in [4.78, 5) is 11.0. The highest BCUT2D eigenvalue weighted by Gasteiger charge is 2.44. The fraction of sp³-hybridized carbons (Fsp3) is 0.900. The lowest BCUT2D eigenvalue weighted by Gasteiger charge is -2.26. The molecule has 1 atom stereocenters. The summed E-state index contributed by atoms with van der Waals surface area (Å²) >= 11 is 0. The molecule has 1 spiro atoms. The number of rotatable bonds is 1. The van der Waals surface area contributed by atoms with Gasteiger partial charge in [-0.15, -0.1) is 0 Å². The molecule has 15 heavy (non-hydrogen) atoms. The molecule has 2 fully saturated rings. The molecule has 1 saturated heterocycles. The number of carboxylic acid groups (broad SMARTS) is 1. The molecule has 1 heterocycles. The lowest BCUT2D eigenvalue weighted by molar-refractivity contribution is -0.166. The van der Waals surface area contributed by atoms with E-state index in [4.69, 9.17) is 20.3 Å². The quantitative estimate of drug-likeness (QED) is 0.664. The number of nitrogens with two attached hydrogens (primary N) is 1. The van der Waals surface area contributed by atoms with Crippen molar-refractivity contribution in [3.05, 3.63) is 0 Å². The van der Waals surface area contributed by atoms with Gasteiger partial charge in [0.05, 0.1) is 13.2 Å². The van der Waals surface area contributed by atoms with E-state index in [1.54, 1.807) is 0 Å². The van der Waals surface area contributed by atoms with E-state index in [0.29, 0.717) is 32.5 Å². The highest BCUT2D eigenvalue weighted by molar-refractivity contribution is 5.78. The smallest absolute Gasteiger partial charge is 0.323 e. The Hall–Kier alpha value is -0.650. The Morgan fingerprint density at radius 2 is 1.80 bits per heavy atom. The van der Waals surface area contributed by atoms with E-state index in [2.05, 4.69) is 0 Å². The monoisotopic (exact) mass is 215 g/mol. The van der Waals surface area contributed by atoms with Gasteiger partial charge in [-0.05, 0) is 19.3 Å². The Morgan fingerprint density at radius 3 is 2.40 bits per heavy atom. The minimum atomic E-state index is -1.10. The molecule has 0 radical (unpaired) electrons. The summed E-state index contributed by atoms with van der Waals surface area (Å²) in [5.74, 6) is -1.46. The number of aliphatic carboxylic acids is 1. The second kappa shape index (κ2) is 3.73. The van der Waals surface area contributed by atoms with Crippen LogP contribution in [0.5, 0.6) is 0 Å². The molecule has 2 rings (SSSR count). The second-order valence-electron chi connectivity index (χ2n) is 4.42. The van der Waals surface area contributed by atoms with Crippen LogP contribution in [0.1, 0.15) is 32.1 Å². The third-order valence-corrected chi connectivity index (χ3v) is 3.37. The van der Waals surface area contributed by atoms with Crippen molar-refractivity contribution in [3.63, 3.8) is 0 Å². The summed E-state index contributed by atoms with van der Waals surface area (Å²) in [6.07, 6.45) is 2.98. The van der Waals surface area contributed by atoms with E-state index in [1.165, 1.54) is 0 Å². The van der Waals surface area contributed by atoms with Gasteiger partial charge in [-0.25, -0.2) is 0 Å². The molecule has 86 valence electrons. The van der Waals surface area contributed by atoms with Crippen molar-refractivity contribution in [1.29, 1.82) is 0 Å². The predicted octanol–water partition coefficient (Wildman–Crippen LogP) is 0.476. The molecular weight excluding hydrogens is 198 g/mol. The number of carboxylic acids is 1. The molecule has 0 aromatic carbocycles. The first kappa shape index (κ1) is 10.9. The summed E-state index contributed by atoms with van der Waals surface area (Å²) in [5.41, 5.74) is 4.74. The van der Waals surface area contributed by atoms with Gasteiger partial charge in [-0.2, -0.15) is 0 Å². The Bertz CT molecular complexity index is 262. The minimum Gasteiger partial charge on any atom is -0.480 e. The van der Waals surface area contributed by atoms with Crippen LogP contribution in [0.2, 0.25) is 0 Å². The number of hydrogen-bond acceptors (Lipinski definition) is 4. The van der Waals surface area contributed by atoms with Crippen LogP contribution in [0.3, 0.4) is 0 Å². The average Bonchev–Trinajstić information content (AvgIpc) is 2.56. The highest BCUT2D eigenvalue weighted by atomic mass is 16.7. The van der Waals surface area contributed by atoms with Crippen LogP contribution >= 0.6 is 0 Å². The summed E-state index contributed by atoms with van der Waals surface area (Å²) < 4.78 is 11.1. The molecule has 5 heteroatoms. The summed E-state index contributed by atoms with van der Waals surface area (Å²) in [6, 6.07) is 0. The molecule has 0 aromatic rings. The number of ether oxygens (including phenoxy) is 2. The van der Waals surface area contributed by atoms with E-state index in [1.807, 2.05) is 0 Å². The first-order chi connectivity index (χ1) is 7.06. The van der Waals surface area contributed by atoms with Crippen molar-refractivity contribution < 1.29 is 19.4 Å². The lowest BCUT2D eigenvalue weighted by atomic mass is 9.91. The van der Waals surface area contributed by atoms with Gasteiger partial charge < -0.3 is 20.3 Å². The molecule has 1 aliphatic carbocycles. The summed E-state index contributed by atoms with van der Waals surface area (Å²) in [6.45, 7) is 1.20. The molecule has 3 N–H and O–H groups in total. The van der Waals surface area contributed by atoms with E-state index in [9.17, 15) is 4.79 Å². The standard InChI is InChI=1S/C10H17NO4/c11-9(8(12)13)2-1-3-10(5-4-9)14-6-7-15-10/h1-7,11H2,(H,12,13)/t9-/m0/s1. The van der Waals surface area contributed by atoms with Crippen molar-refractivity contribution in [1.82, 2.24) is 0 Å². The third-order valence-electron chi connectivity index (χ3n) is 3.37. The minimum absolute atomic E-state index is 0.419. The Balaban J connectivity index is 2.06. The average molecular weight is 215 g/mol. The Labute approximate surface area is 88.5 Å². The maximum absolute atomic E-state index is 11.0.